The first-order valence-corrected chi connectivity index (χ1v) is 7.84. The molecule has 0 aliphatic rings. The van der Waals surface area contributed by atoms with Crippen LogP contribution in [0.2, 0.25) is 0 Å². The van der Waals surface area contributed by atoms with Gasteiger partial charge in [-0.15, -0.1) is 11.3 Å². The first-order valence-electron chi connectivity index (χ1n) is 5.48. The van der Waals surface area contributed by atoms with Crippen LogP contribution in [0.1, 0.15) is 5.01 Å². The van der Waals surface area contributed by atoms with Crippen molar-refractivity contribution in [1.82, 2.24) is 9.71 Å². The van der Waals surface area contributed by atoms with Crippen LogP contribution < -0.4 is 4.72 Å². The molecule has 0 saturated carbocycles. The van der Waals surface area contributed by atoms with Crippen LogP contribution in [0, 0.1) is 11.6 Å². The molecular formula is C12H8F2N2O3S2. The van der Waals surface area contributed by atoms with Gasteiger partial charge < -0.3 is 0 Å². The van der Waals surface area contributed by atoms with Gasteiger partial charge in [0.1, 0.15) is 21.5 Å². The first-order chi connectivity index (χ1) is 9.88. The van der Waals surface area contributed by atoms with E-state index >= 15 is 0 Å². The predicted molar refractivity (Wildman–Crippen MR) is 72.8 cm³/mol. The van der Waals surface area contributed by atoms with Gasteiger partial charge in [0.25, 0.3) is 15.9 Å². The van der Waals surface area contributed by atoms with E-state index in [0.717, 1.165) is 18.2 Å². The maximum absolute atomic E-state index is 13.4. The first kappa shape index (κ1) is 15.3. The van der Waals surface area contributed by atoms with Gasteiger partial charge in [0.15, 0.2) is 0 Å². The predicted octanol–water partition coefficient (Wildman–Crippen LogP) is 1.94. The van der Waals surface area contributed by atoms with E-state index < -0.39 is 32.5 Å². The molecule has 0 aliphatic carbocycles. The second-order valence-corrected chi connectivity index (χ2v) is 6.33. The van der Waals surface area contributed by atoms with Crippen molar-refractivity contribution in [1.29, 1.82) is 0 Å². The Morgan fingerprint density at radius 2 is 2.10 bits per heavy atom. The molecular weight excluding hydrogens is 322 g/mol. The minimum atomic E-state index is -4.41. The minimum Gasteiger partial charge on any atom is -0.269 e. The molecule has 0 aliphatic heterocycles. The van der Waals surface area contributed by atoms with Crippen molar-refractivity contribution in [2.75, 3.05) is 0 Å². The van der Waals surface area contributed by atoms with Crippen LogP contribution in [0.3, 0.4) is 0 Å². The lowest BCUT2D eigenvalue weighted by Gasteiger charge is -2.05. The fourth-order valence-corrected chi connectivity index (χ4v) is 2.91. The van der Waals surface area contributed by atoms with Crippen LogP contribution in [-0.4, -0.2) is 19.3 Å². The number of nitrogens with one attached hydrogen (secondary N) is 1. The molecule has 2 aromatic rings. The minimum absolute atomic E-state index is 0.421. The Bertz CT molecular complexity index is 787. The summed E-state index contributed by atoms with van der Waals surface area (Å²) in [6.07, 6.45) is 3.79. The normalized spacial score (nSPS) is 11.7. The van der Waals surface area contributed by atoms with Crippen molar-refractivity contribution in [2.24, 2.45) is 0 Å². The highest BCUT2D eigenvalue weighted by atomic mass is 32.2. The SMILES string of the molecule is O=C(/C=C\c1nccs1)NS(=O)(=O)c1ccc(F)cc1F. The highest BCUT2D eigenvalue weighted by molar-refractivity contribution is 7.90. The summed E-state index contributed by atoms with van der Waals surface area (Å²) in [5.74, 6) is -3.16. The molecule has 0 bridgehead atoms. The van der Waals surface area contributed by atoms with Crippen LogP contribution in [-0.2, 0) is 14.8 Å². The summed E-state index contributed by atoms with van der Waals surface area (Å²) in [5, 5.41) is 2.19. The van der Waals surface area contributed by atoms with E-state index in [2.05, 4.69) is 4.98 Å². The van der Waals surface area contributed by atoms with E-state index in [4.69, 9.17) is 0 Å². The van der Waals surface area contributed by atoms with E-state index in [-0.39, 0.29) is 0 Å². The fraction of sp³-hybridized carbons (Fsp3) is 0. The van der Waals surface area contributed by atoms with Gasteiger partial charge in [-0.3, -0.25) is 4.79 Å². The molecule has 21 heavy (non-hydrogen) atoms. The summed E-state index contributed by atoms with van der Waals surface area (Å²) in [6, 6.07) is 1.95. The fourth-order valence-electron chi connectivity index (χ4n) is 1.38. The summed E-state index contributed by atoms with van der Waals surface area (Å²) in [5.41, 5.74) is 0. The number of hydrogen-bond acceptors (Lipinski definition) is 5. The molecule has 1 N–H and O–H groups in total. The zero-order valence-electron chi connectivity index (χ0n) is 10.3. The van der Waals surface area contributed by atoms with Crippen molar-refractivity contribution < 1.29 is 22.0 Å². The zero-order chi connectivity index (χ0) is 15.5. The van der Waals surface area contributed by atoms with Crippen molar-refractivity contribution in [3.63, 3.8) is 0 Å². The molecule has 110 valence electrons. The van der Waals surface area contributed by atoms with E-state index in [1.807, 2.05) is 0 Å². The Hall–Kier alpha value is -2.13. The van der Waals surface area contributed by atoms with E-state index in [9.17, 15) is 22.0 Å². The number of carbonyl (C=O) groups excluding carboxylic acids is 1. The van der Waals surface area contributed by atoms with Gasteiger partial charge >= 0.3 is 0 Å². The van der Waals surface area contributed by atoms with Crippen LogP contribution in [0.5, 0.6) is 0 Å². The highest BCUT2D eigenvalue weighted by Crippen LogP contribution is 2.15. The number of halogens is 2. The van der Waals surface area contributed by atoms with Gasteiger partial charge in [-0.1, -0.05) is 0 Å². The molecule has 1 heterocycles. The maximum atomic E-state index is 13.4. The largest absolute Gasteiger partial charge is 0.269 e. The second kappa shape index (κ2) is 6.10. The third-order valence-electron chi connectivity index (χ3n) is 2.25. The number of carbonyl (C=O) groups is 1. The number of amides is 1. The summed E-state index contributed by atoms with van der Waals surface area (Å²) in [6.45, 7) is 0. The van der Waals surface area contributed by atoms with Gasteiger partial charge in [0.05, 0.1) is 0 Å². The quantitative estimate of drug-likeness (QED) is 0.869. The number of hydrogen-bond donors (Lipinski definition) is 1. The molecule has 2 rings (SSSR count). The summed E-state index contributed by atoms with van der Waals surface area (Å²) < 4.78 is 51.4. The third-order valence-corrected chi connectivity index (χ3v) is 4.37. The molecule has 1 aromatic carbocycles. The molecule has 0 atom stereocenters. The molecule has 1 amide bonds. The lowest BCUT2D eigenvalue weighted by atomic mass is 10.3. The van der Waals surface area contributed by atoms with Crippen molar-refractivity contribution in [3.8, 4) is 0 Å². The number of benzene rings is 1. The summed E-state index contributed by atoms with van der Waals surface area (Å²) in [7, 11) is -4.41. The molecule has 0 spiro atoms. The van der Waals surface area contributed by atoms with Crippen LogP contribution in [0.15, 0.2) is 40.7 Å². The molecule has 0 saturated heterocycles. The molecule has 0 radical (unpaired) electrons. The Balaban J connectivity index is 2.15. The van der Waals surface area contributed by atoms with E-state index in [0.29, 0.717) is 11.1 Å². The number of sulfonamides is 1. The molecule has 5 nitrogen and oxygen atoms in total. The molecule has 9 heteroatoms. The number of rotatable bonds is 4. The van der Waals surface area contributed by atoms with E-state index in [1.165, 1.54) is 23.6 Å². The van der Waals surface area contributed by atoms with Crippen LogP contribution in [0.25, 0.3) is 6.08 Å². The van der Waals surface area contributed by atoms with Gasteiger partial charge in [-0.2, -0.15) is 0 Å². The smallest absolute Gasteiger partial charge is 0.267 e. The summed E-state index contributed by atoms with van der Waals surface area (Å²) >= 11 is 1.25. The Morgan fingerprint density at radius 3 is 2.71 bits per heavy atom. The standard InChI is InChI=1S/C12H8F2N2O3S2/c13-8-1-2-10(9(14)7-8)21(18,19)16-11(17)3-4-12-15-5-6-20-12/h1-7H,(H,16,17)/b4-3-. The van der Waals surface area contributed by atoms with Gasteiger partial charge in [0, 0.05) is 23.7 Å². The Morgan fingerprint density at radius 1 is 1.33 bits per heavy atom. The van der Waals surface area contributed by atoms with E-state index in [1.54, 1.807) is 10.1 Å². The van der Waals surface area contributed by atoms with Crippen LogP contribution >= 0.6 is 11.3 Å². The molecule has 1 aromatic heterocycles. The number of nitrogens with zero attached hydrogens (tertiary/aromatic N) is 1. The third kappa shape index (κ3) is 3.92. The summed E-state index contributed by atoms with van der Waals surface area (Å²) in [4.78, 5) is 14.6. The molecule has 0 unspecified atom stereocenters. The average molecular weight is 330 g/mol. The van der Waals surface area contributed by atoms with Gasteiger partial charge in [0.2, 0.25) is 0 Å². The Labute approximate surface area is 123 Å². The van der Waals surface area contributed by atoms with Crippen molar-refractivity contribution in [3.05, 3.63) is 52.5 Å². The Kier molecular flexibility index (Phi) is 4.43. The van der Waals surface area contributed by atoms with Crippen LogP contribution in [0.4, 0.5) is 8.78 Å². The van der Waals surface area contributed by atoms with Crippen molar-refractivity contribution >= 4 is 33.3 Å². The van der Waals surface area contributed by atoms with Crippen molar-refractivity contribution in [2.45, 2.75) is 4.90 Å². The number of aromatic nitrogens is 1. The molecule has 0 fully saturated rings. The average Bonchev–Trinajstić information content (AvgIpc) is 2.88. The van der Waals surface area contributed by atoms with Gasteiger partial charge in [-0.05, 0) is 18.2 Å². The maximum Gasteiger partial charge on any atom is 0.267 e. The number of thiazole rings is 1. The topological polar surface area (TPSA) is 76.1 Å². The second-order valence-electron chi connectivity index (χ2n) is 3.75. The zero-order valence-corrected chi connectivity index (χ0v) is 11.9. The van der Waals surface area contributed by atoms with Gasteiger partial charge in [-0.25, -0.2) is 26.9 Å². The lowest BCUT2D eigenvalue weighted by Crippen LogP contribution is -2.29. The lowest BCUT2D eigenvalue weighted by molar-refractivity contribution is -0.114. The monoisotopic (exact) mass is 330 g/mol. The highest BCUT2D eigenvalue weighted by Gasteiger charge is 2.21.